The first kappa shape index (κ1) is 20.7. The fourth-order valence-corrected chi connectivity index (χ4v) is 2.91. The van der Waals surface area contributed by atoms with Crippen LogP contribution in [-0.2, 0) is 10.0 Å². The first-order valence-corrected chi connectivity index (χ1v) is 10.6. The SMILES string of the molecule is CCCCCNC(=O)c1cccnc1Oc1ccc(NS(=O)(=O)CC)cc1. The molecule has 0 aliphatic rings. The van der Waals surface area contributed by atoms with Crippen molar-refractivity contribution >= 4 is 21.6 Å². The van der Waals surface area contributed by atoms with E-state index in [0.29, 0.717) is 23.5 Å². The third kappa shape index (κ3) is 6.56. The van der Waals surface area contributed by atoms with Gasteiger partial charge in [0, 0.05) is 18.4 Å². The number of aromatic nitrogens is 1. The number of nitrogens with one attached hydrogen (secondary N) is 2. The zero-order valence-corrected chi connectivity index (χ0v) is 16.4. The molecule has 1 heterocycles. The molecule has 0 fully saturated rings. The lowest BCUT2D eigenvalue weighted by atomic mass is 10.2. The van der Waals surface area contributed by atoms with Crippen LogP contribution in [0.4, 0.5) is 5.69 Å². The number of carbonyl (C=O) groups is 1. The molecular weight excluding hydrogens is 366 g/mol. The first-order chi connectivity index (χ1) is 12.9. The molecule has 1 amide bonds. The Hall–Kier alpha value is -2.61. The van der Waals surface area contributed by atoms with Crippen LogP contribution < -0.4 is 14.8 Å². The molecule has 0 unspecified atom stereocenters. The second-order valence-electron chi connectivity index (χ2n) is 5.95. The Morgan fingerprint density at radius 3 is 2.52 bits per heavy atom. The summed E-state index contributed by atoms with van der Waals surface area (Å²) in [6, 6.07) is 9.75. The first-order valence-electron chi connectivity index (χ1n) is 8.96. The maximum Gasteiger partial charge on any atom is 0.256 e. The Bertz CT molecular complexity index is 852. The summed E-state index contributed by atoms with van der Waals surface area (Å²) in [6.45, 7) is 4.27. The van der Waals surface area contributed by atoms with E-state index >= 15 is 0 Å². The van der Waals surface area contributed by atoms with Gasteiger partial charge in [0.15, 0.2) is 0 Å². The van der Waals surface area contributed by atoms with Gasteiger partial charge in [-0.1, -0.05) is 19.8 Å². The van der Waals surface area contributed by atoms with Crippen molar-refractivity contribution in [1.29, 1.82) is 0 Å². The molecule has 0 aliphatic carbocycles. The number of pyridine rings is 1. The molecule has 2 rings (SSSR count). The van der Waals surface area contributed by atoms with Crippen molar-refractivity contribution < 1.29 is 17.9 Å². The lowest BCUT2D eigenvalue weighted by Crippen LogP contribution is -2.25. The Labute approximate surface area is 160 Å². The summed E-state index contributed by atoms with van der Waals surface area (Å²) in [5, 5.41) is 2.87. The van der Waals surface area contributed by atoms with Crippen LogP contribution in [0, 0.1) is 0 Å². The van der Waals surface area contributed by atoms with Gasteiger partial charge in [-0.3, -0.25) is 9.52 Å². The molecule has 0 spiro atoms. The predicted molar refractivity (Wildman–Crippen MR) is 106 cm³/mol. The zero-order chi connectivity index (χ0) is 19.7. The summed E-state index contributed by atoms with van der Waals surface area (Å²) in [6.07, 6.45) is 4.62. The zero-order valence-electron chi connectivity index (χ0n) is 15.6. The van der Waals surface area contributed by atoms with Gasteiger partial charge in [0.05, 0.1) is 5.75 Å². The van der Waals surface area contributed by atoms with Crippen LogP contribution in [-0.4, -0.2) is 31.6 Å². The minimum Gasteiger partial charge on any atom is -0.438 e. The molecule has 1 aromatic carbocycles. The quantitative estimate of drug-likeness (QED) is 0.604. The highest BCUT2D eigenvalue weighted by molar-refractivity contribution is 7.92. The van der Waals surface area contributed by atoms with Crippen LogP contribution in [0.2, 0.25) is 0 Å². The van der Waals surface area contributed by atoms with Gasteiger partial charge in [-0.05, 0) is 49.7 Å². The summed E-state index contributed by atoms with van der Waals surface area (Å²) in [7, 11) is -3.33. The van der Waals surface area contributed by atoms with E-state index in [2.05, 4.69) is 21.9 Å². The van der Waals surface area contributed by atoms with Crippen molar-refractivity contribution in [1.82, 2.24) is 10.3 Å². The molecule has 2 N–H and O–H groups in total. The molecule has 0 atom stereocenters. The average Bonchev–Trinajstić information content (AvgIpc) is 2.67. The molecule has 1 aromatic heterocycles. The summed E-state index contributed by atoms with van der Waals surface area (Å²) in [5.74, 6) is 0.415. The number of carbonyl (C=O) groups excluding carboxylic acids is 1. The minimum absolute atomic E-state index is 0.00405. The van der Waals surface area contributed by atoms with Crippen LogP contribution in [0.1, 0.15) is 43.5 Å². The normalized spacial score (nSPS) is 11.0. The van der Waals surface area contributed by atoms with Gasteiger partial charge in [0.1, 0.15) is 11.3 Å². The Balaban J connectivity index is 2.06. The molecule has 0 radical (unpaired) electrons. The molecule has 2 aromatic rings. The molecule has 0 saturated heterocycles. The average molecular weight is 391 g/mol. The van der Waals surface area contributed by atoms with Crippen molar-refractivity contribution in [2.75, 3.05) is 17.0 Å². The van der Waals surface area contributed by atoms with Gasteiger partial charge in [-0.2, -0.15) is 0 Å². The fourth-order valence-electron chi connectivity index (χ4n) is 2.27. The number of nitrogens with zero attached hydrogens (tertiary/aromatic N) is 1. The fraction of sp³-hybridized carbons (Fsp3) is 0.368. The van der Waals surface area contributed by atoms with E-state index in [0.717, 1.165) is 19.3 Å². The number of hydrogen-bond donors (Lipinski definition) is 2. The third-order valence-electron chi connectivity index (χ3n) is 3.80. The molecular formula is C19H25N3O4S. The molecule has 8 heteroatoms. The van der Waals surface area contributed by atoms with E-state index in [1.807, 2.05) is 0 Å². The minimum atomic E-state index is -3.33. The summed E-state index contributed by atoms with van der Waals surface area (Å²) in [5.41, 5.74) is 0.795. The second-order valence-corrected chi connectivity index (χ2v) is 7.96. The van der Waals surface area contributed by atoms with Crippen molar-refractivity contribution in [3.05, 3.63) is 48.2 Å². The van der Waals surface area contributed by atoms with Crippen molar-refractivity contribution in [2.45, 2.75) is 33.1 Å². The Kier molecular flexibility index (Phi) is 7.60. The Morgan fingerprint density at radius 1 is 1.11 bits per heavy atom. The molecule has 7 nitrogen and oxygen atoms in total. The van der Waals surface area contributed by atoms with Gasteiger partial charge >= 0.3 is 0 Å². The van der Waals surface area contributed by atoms with Crippen molar-refractivity contribution in [2.24, 2.45) is 0 Å². The standard InChI is InChI=1S/C19H25N3O4S/c1-3-5-6-13-20-18(23)17-8-7-14-21-19(17)26-16-11-9-15(10-12-16)22-27(24,25)4-2/h7-12,14,22H,3-6,13H2,1-2H3,(H,20,23). The maximum atomic E-state index is 12.4. The predicted octanol–water partition coefficient (Wildman–Crippen LogP) is 3.56. The third-order valence-corrected chi connectivity index (χ3v) is 5.11. The van der Waals surface area contributed by atoms with Crippen LogP contribution in [0.25, 0.3) is 0 Å². The van der Waals surface area contributed by atoms with Crippen molar-refractivity contribution in [3.8, 4) is 11.6 Å². The summed E-state index contributed by atoms with van der Waals surface area (Å²) < 4.78 is 31.4. The largest absolute Gasteiger partial charge is 0.438 e. The number of rotatable bonds is 10. The molecule has 27 heavy (non-hydrogen) atoms. The van der Waals surface area contributed by atoms with E-state index in [1.54, 1.807) is 49.5 Å². The van der Waals surface area contributed by atoms with Crippen LogP contribution in [0.5, 0.6) is 11.6 Å². The lowest BCUT2D eigenvalue weighted by Gasteiger charge is -2.11. The monoisotopic (exact) mass is 391 g/mol. The van der Waals surface area contributed by atoms with Crippen LogP contribution in [0.15, 0.2) is 42.6 Å². The van der Waals surface area contributed by atoms with E-state index in [9.17, 15) is 13.2 Å². The molecule has 0 bridgehead atoms. The number of hydrogen-bond acceptors (Lipinski definition) is 5. The van der Waals surface area contributed by atoms with Gasteiger partial charge in [-0.15, -0.1) is 0 Å². The van der Waals surface area contributed by atoms with Crippen LogP contribution in [0.3, 0.4) is 0 Å². The second kappa shape index (κ2) is 9.91. The highest BCUT2D eigenvalue weighted by Gasteiger charge is 2.14. The van der Waals surface area contributed by atoms with Crippen LogP contribution >= 0.6 is 0 Å². The number of unbranched alkanes of at least 4 members (excludes halogenated alkanes) is 2. The lowest BCUT2D eigenvalue weighted by molar-refractivity contribution is 0.0950. The van der Waals surface area contributed by atoms with E-state index in [4.69, 9.17) is 4.74 Å². The Morgan fingerprint density at radius 2 is 1.85 bits per heavy atom. The van der Waals surface area contributed by atoms with E-state index < -0.39 is 10.0 Å². The number of sulfonamides is 1. The molecule has 0 aliphatic heterocycles. The van der Waals surface area contributed by atoms with E-state index in [1.165, 1.54) is 0 Å². The van der Waals surface area contributed by atoms with Crippen molar-refractivity contribution in [3.63, 3.8) is 0 Å². The van der Waals surface area contributed by atoms with E-state index in [-0.39, 0.29) is 17.5 Å². The molecule has 146 valence electrons. The number of amides is 1. The smallest absolute Gasteiger partial charge is 0.256 e. The summed E-state index contributed by atoms with van der Waals surface area (Å²) in [4.78, 5) is 16.5. The highest BCUT2D eigenvalue weighted by Crippen LogP contribution is 2.24. The maximum absolute atomic E-state index is 12.4. The topological polar surface area (TPSA) is 97.4 Å². The van der Waals surface area contributed by atoms with Gasteiger partial charge in [0.2, 0.25) is 15.9 Å². The van der Waals surface area contributed by atoms with Gasteiger partial charge < -0.3 is 10.1 Å². The number of ether oxygens (including phenoxy) is 1. The highest BCUT2D eigenvalue weighted by atomic mass is 32.2. The van der Waals surface area contributed by atoms with Gasteiger partial charge in [0.25, 0.3) is 5.91 Å². The number of anilines is 1. The van der Waals surface area contributed by atoms with Gasteiger partial charge in [-0.25, -0.2) is 13.4 Å². The molecule has 0 saturated carbocycles. The number of benzene rings is 1. The summed E-state index contributed by atoms with van der Waals surface area (Å²) >= 11 is 0.